The first-order valence-electron chi connectivity index (χ1n) is 4.22. The van der Waals surface area contributed by atoms with Gasteiger partial charge in [-0.3, -0.25) is 10.1 Å². The van der Waals surface area contributed by atoms with Crippen LogP contribution in [0.5, 0.6) is 0 Å². The molecule has 0 aliphatic carbocycles. The summed E-state index contributed by atoms with van der Waals surface area (Å²) in [6.45, 7) is 0. The minimum absolute atomic E-state index is 0.0691. The summed E-state index contributed by atoms with van der Waals surface area (Å²) in [6.07, 6.45) is 1.44. The number of carboxylic acids is 1. The molecule has 0 aliphatic rings. The lowest BCUT2D eigenvalue weighted by Gasteiger charge is -2.07. The molecule has 16 heavy (non-hydrogen) atoms. The van der Waals surface area contributed by atoms with Gasteiger partial charge < -0.3 is 9.66 Å². The van der Waals surface area contributed by atoms with Crippen LogP contribution in [0, 0.1) is 10.1 Å². The first kappa shape index (κ1) is 12.5. The van der Waals surface area contributed by atoms with E-state index in [1.165, 1.54) is 18.4 Å². The standard InChI is InChI=1S/C9H9NO5S/c1-16(15)5-6-2-3-7(10(13)14)4-8(6)9(11)12/h2-4H,5H2,1H3,(H,11,12). The number of benzene rings is 1. The maximum absolute atomic E-state index is 11.0. The third kappa shape index (κ3) is 2.94. The van der Waals surface area contributed by atoms with Crippen molar-refractivity contribution in [3.8, 4) is 0 Å². The fraction of sp³-hybridized carbons (Fsp3) is 0.222. The second-order valence-corrected chi connectivity index (χ2v) is 4.56. The fourth-order valence-electron chi connectivity index (χ4n) is 1.22. The molecule has 0 bridgehead atoms. The van der Waals surface area contributed by atoms with E-state index in [-0.39, 0.29) is 17.0 Å². The van der Waals surface area contributed by atoms with Crippen molar-refractivity contribution in [1.29, 1.82) is 0 Å². The Balaban J connectivity index is 3.19. The topological polar surface area (TPSA) is 104 Å². The lowest BCUT2D eigenvalue weighted by Crippen LogP contribution is -2.08. The molecule has 0 spiro atoms. The molecule has 7 heteroatoms. The molecule has 6 nitrogen and oxygen atoms in total. The van der Waals surface area contributed by atoms with Crippen LogP contribution in [0.1, 0.15) is 15.9 Å². The van der Waals surface area contributed by atoms with Crippen molar-refractivity contribution in [2.75, 3.05) is 6.26 Å². The summed E-state index contributed by atoms with van der Waals surface area (Å²) in [5.74, 6) is -1.19. The van der Waals surface area contributed by atoms with E-state index < -0.39 is 22.1 Å². The molecule has 1 aromatic carbocycles. The molecular weight excluding hydrogens is 234 g/mol. The number of carboxylic acid groups (broad SMARTS) is 1. The van der Waals surface area contributed by atoms with E-state index in [9.17, 15) is 19.5 Å². The van der Waals surface area contributed by atoms with Crippen molar-refractivity contribution in [1.82, 2.24) is 0 Å². The molecule has 0 aromatic heterocycles. The molecule has 1 N–H and O–H groups in total. The summed E-state index contributed by atoms with van der Waals surface area (Å²) in [5.41, 5.74) is -0.133. The average Bonchev–Trinajstić information content (AvgIpc) is 2.16. The highest BCUT2D eigenvalue weighted by Crippen LogP contribution is 2.19. The van der Waals surface area contributed by atoms with Crippen molar-refractivity contribution < 1.29 is 19.4 Å². The van der Waals surface area contributed by atoms with E-state index in [1.807, 2.05) is 0 Å². The molecule has 86 valence electrons. The van der Waals surface area contributed by atoms with E-state index in [0.29, 0.717) is 5.56 Å². The molecule has 1 rings (SSSR count). The van der Waals surface area contributed by atoms with Gasteiger partial charge in [0.05, 0.1) is 16.7 Å². The summed E-state index contributed by atoms with van der Waals surface area (Å²) < 4.78 is 11.0. The number of nitrogens with zero attached hydrogens (tertiary/aromatic N) is 1. The average molecular weight is 243 g/mol. The number of hydrogen-bond donors (Lipinski definition) is 1. The van der Waals surface area contributed by atoms with Gasteiger partial charge in [-0.25, -0.2) is 4.79 Å². The predicted molar refractivity (Wildman–Crippen MR) is 57.8 cm³/mol. The molecule has 0 aliphatic heterocycles. The van der Waals surface area contributed by atoms with Crippen molar-refractivity contribution in [2.24, 2.45) is 0 Å². The Morgan fingerprint density at radius 2 is 2.19 bits per heavy atom. The number of nitro groups is 1. The zero-order valence-corrected chi connectivity index (χ0v) is 9.19. The molecule has 1 unspecified atom stereocenters. The number of aromatic carboxylic acids is 1. The van der Waals surface area contributed by atoms with Gasteiger partial charge in [0.2, 0.25) is 0 Å². The number of non-ortho nitro benzene ring substituents is 1. The lowest BCUT2D eigenvalue weighted by molar-refractivity contribution is -0.384. The van der Waals surface area contributed by atoms with Crippen molar-refractivity contribution >= 4 is 22.8 Å². The van der Waals surface area contributed by atoms with Crippen LogP contribution in [0.3, 0.4) is 0 Å². The van der Waals surface area contributed by atoms with Crippen molar-refractivity contribution in [3.63, 3.8) is 0 Å². The number of carbonyl (C=O) groups is 1. The minimum atomic E-state index is -1.26. The van der Waals surface area contributed by atoms with Gasteiger partial charge in [-0.1, -0.05) is 11.2 Å². The molecule has 1 aromatic rings. The van der Waals surface area contributed by atoms with Crippen LogP contribution in [-0.4, -0.2) is 26.8 Å². The maximum Gasteiger partial charge on any atom is 0.336 e. The molecule has 0 amide bonds. The van der Waals surface area contributed by atoms with Gasteiger partial charge in [0.1, 0.15) is 5.75 Å². The van der Waals surface area contributed by atoms with E-state index in [4.69, 9.17) is 5.11 Å². The smallest absolute Gasteiger partial charge is 0.336 e. The van der Waals surface area contributed by atoms with E-state index in [1.54, 1.807) is 0 Å². The van der Waals surface area contributed by atoms with Crippen LogP contribution in [-0.2, 0) is 16.9 Å². The monoisotopic (exact) mass is 243 g/mol. The van der Waals surface area contributed by atoms with Gasteiger partial charge in [0.25, 0.3) is 5.69 Å². The Labute approximate surface area is 94.2 Å². The fourth-order valence-corrected chi connectivity index (χ4v) is 1.91. The highest BCUT2D eigenvalue weighted by Gasteiger charge is 2.17. The van der Waals surface area contributed by atoms with Gasteiger partial charge in [-0.15, -0.1) is 0 Å². The third-order valence-corrected chi connectivity index (χ3v) is 2.61. The van der Waals surface area contributed by atoms with Crippen LogP contribution in [0.25, 0.3) is 0 Å². The lowest BCUT2D eigenvalue weighted by atomic mass is 10.1. The molecule has 0 heterocycles. The normalized spacial score (nSPS) is 12.1. The Hall–Kier alpha value is -1.60. The minimum Gasteiger partial charge on any atom is -0.616 e. The summed E-state index contributed by atoms with van der Waals surface area (Å²) in [4.78, 5) is 20.7. The predicted octanol–water partition coefficient (Wildman–Crippen LogP) is 1.17. The van der Waals surface area contributed by atoms with Crippen LogP contribution in [0.2, 0.25) is 0 Å². The van der Waals surface area contributed by atoms with Gasteiger partial charge in [-0.2, -0.15) is 0 Å². The molecule has 0 saturated carbocycles. The summed E-state index contributed by atoms with van der Waals surface area (Å²) in [6, 6.07) is 3.50. The summed E-state index contributed by atoms with van der Waals surface area (Å²) >= 11 is -1.19. The highest BCUT2D eigenvalue weighted by molar-refractivity contribution is 7.89. The second kappa shape index (κ2) is 4.95. The Kier molecular flexibility index (Phi) is 3.86. The zero-order chi connectivity index (χ0) is 12.3. The highest BCUT2D eigenvalue weighted by atomic mass is 32.2. The first-order valence-corrected chi connectivity index (χ1v) is 5.95. The third-order valence-electron chi connectivity index (χ3n) is 1.89. The van der Waals surface area contributed by atoms with Gasteiger partial charge >= 0.3 is 5.97 Å². The number of rotatable bonds is 4. The van der Waals surface area contributed by atoms with Crippen LogP contribution < -0.4 is 0 Å². The van der Waals surface area contributed by atoms with Crippen molar-refractivity contribution in [2.45, 2.75) is 5.75 Å². The van der Waals surface area contributed by atoms with Crippen LogP contribution in [0.15, 0.2) is 18.2 Å². The largest absolute Gasteiger partial charge is 0.616 e. The summed E-state index contributed by atoms with van der Waals surface area (Å²) in [7, 11) is 0. The SMILES string of the molecule is C[S+]([O-])Cc1ccc([N+](=O)[O-])cc1C(=O)O. The van der Waals surface area contributed by atoms with Gasteiger partial charge in [-0.05, 0) is 6.07 Å². The summed E-state index contributed by atoms with van der Waals surface area (Å²) in [5, 5.41) is 19.3. The zero-order valence-electron chi connectivity index (χ0n) is 8.37. The maximum atomic E-state index is 11.0. The first-order chi connectivity index (χ1) is 7.41. The molecule has 0 radical (unpaired) electrons. The number of nitro benzene ring substituents is 1. The van der Waals surface area contributed by atoms with E-state index in [0.717, 1.165) is 6.07 Å². The number of hydrogen-bond acceptors (Lipinski definition) is 4. The van der Waals surface area contributed by atoms with Gasteiger partial charge in [0, 0.05) is 17.7 Å². The Bertz CT molecular complexity index is 432. The molecule has 1 atom stereocenters. The van der Waals surface area contributed by atoms with E-state index >= 15 is 0 Å². The van der Waals surface area contributed by atoms with E-state index in [2.05, 4.69) is 0 Å². The van der Waals surface area contributed by atoms with Gasteiger partial charge in [0.15, 0.2) is 0 Å². The Morgan fingerprint density at radius 1 is 1.56 bits per heavy atom. The molecule has 0 saturated heterocycles. The molecular formula is C9H9NO5S. The van der Waals surface area contributed by atoms with Crippen LogP contribution in [0.4, 0.5) is 5.69 Å². The quantitative estimate of drug-likeness (QED) is 0.485. The second-order valence-electron chi connectivity index (χ2n) is 3.12. The van der Waals surface area contributed by atoms with Crippen molar-refractivity contribution in [3.05, 3.63) is 39.4 Å². The van der Waals surface area contributed by atoms with Crippen LogP contribution >= 0.6 is 0 Å². The Morgan fingerprint density at radius 3 is 2.62 bits per heavy atom. The molecule has 0 fully saturated rings.